The molecule has 0 amide bonds. The molecule has 0 atom stereocenters. The Bertz CT molecular complexity index is 397. The predicted octanol–water partition coefficient (Wildman–Crippen LogP) is 2.73. The summed E-state index contributed by atoms with van der Waals surface area (Å²) in [6.07, 6.45) is 1.78. The normalized spacial score (nSPS) is 17.7. The van der Waals surface area contributed by atoms with Crippen LogP contribution in [0.5, 0.6) is 0 Å². The maximum Gasteiger partial charge on any atom is 0.308 e. The highest BCUT2D eigenvalue weighted by Gasteiger charge is 2.25. The molecular formula is C14H18ClNO2. The summed E-state index contributed by atoms with van der Waals surface area (Å²) >= 11 is 5.86. The van der Waals surface area contributed by atoms with Crippen molar-refractivity contribution in [1.82, 2.24) is 4.90 Å². The molecule has 0 spiro atoms. The SMILES string of the molecule is COC(=O)C1CCN(Cc2ccc(Cl)cc2)CC1. The highest BCUT2D eigenvalue weighted by atomic mass is 35.5. The minimum atomic E-state index is -0.0684. The summed E-state index contributed by atoms with van der Waals surface area (Å²) in [7, 11) is 1.46. The van der Waals surface area contributed by atoms with Crippen LogP contribution in [0.15, 0.2) is 24.3 Å². The third-order valence-electron chi connectivity index (χ3n) is 3.44. The molecule has 1 aromatic carbocycles. The first-order valence-corrected chi connectivity index (χ1v) is 6.61. The molecule has 0 unspecified atom stereocenters. The van der Waals surface area contributed by atoms with E-state index in [4.69, 9.17) is 16.3 Å². The minimum Gasteiger partial charge on any atom is -0.469 e. The van der Waals surface area contributed by atoms with Gasteiger partial charge in [-0.1, -0.05) is 23.7 Å². The Morgan fingerprint density at radius 2 is 1.94 bits per heavy atom. The van der Waals surface area contributed by atoms with Crippen LogP contribution in [-0.2, 0) is 16.1 Å². The Labute approximate surface area is 113 Å². The number of piperidine rings is 1. The van der Waals surface area contributed by atoms with E-state index in [9.17, 15) is 4.79 Å². The topological polar surface area (TPSA) is 29.5 Å². The molecular weight excluding hydrogens is 250 g/mol. The average Bonchev–Trinajstić information content (AvgIpc) is 2.41. The molecule has 0 aliphatic carbocycles. The van der Waals surface area contributed by atoms with Gasteiger partial charge in [-0.15, -0.1) is 0 Å². The number of ether oxygens (including phenoxy) is 1. The first-order valence-electron chi connectivity index (χ1n) is 6.23. The van der Waals surface area contributed by atoms with Crippen molar-refractivity contribution >= 4 is 17.6 Å². The van der Waals surface area contributed by atoms with Gasteiger partial charge in [-0.05, 0) is 43.6 Å². The van der Waals surface area contributed by atoms with Crippen molar-refractivity contribution in [3.05, 3.63) is 34.9 Å². The lowest BCUT2D eigenvalue weighted by Gasteiger charge is -2.30. The summed E-state index contributed by atoms with van der Waals surface area (Å²) in [4.78, 5) is 13.8. The molecule has 98 valence electrons. The minimum absolute atomic E-state index is 0.0684. The maximum absolute atomic E-state index is 11.4. The molecule has 0 saturated carbocycles. The van der Waals surface area contributed by atoms with Crippen LogP contribution in [0, 0.1) is 5.92 Å². The summed E-state index contributed by atoms with van der Waals surface area (Å²) in [6.45, 7) is 2.82. The van der Waals surface area contributed by atoms with E-state index in [1.54, 1.807) is 0 Å². The lowest BCUT2D eigenvalue weighted by Crippen LogP contribution is -2.36. The van der Waals surface area contributed by atoms with E-state index in [1.807, 2.05) is 12.1 Å². The molecule has 4 heteroatoms. The van der Waals surface area contributed by atoms with Gasteiger partial charge in [-0.3, -0.25) is 9.69 Å². The maximum atomic E-state index is 11.4. The lowest BCUT2D eigenvalue weighted by molar-refractivity contribution is -0.147. The van der Waals surface area contributed by atoms with Crippen molar-refractivity contribution in [2.24, 2.45) is 5.92 Å². The Kier molecular flexibility index (Phi) is 4.61. The zero-order valence-electron chi connectivity index (χ0n) is 10.6. The third-order valence-corrected chi connectivity index (χ3v) is 3.69. The van der Waals surface area contributed by atoms with Crippen LogP contribution in [-0.4, -0.2) is 31.1 Å². The van der Waals surface area contributed by atoms with Gasteiger partial charge in [-0.2, -0.15) is 0 Å². The number of esters is 1. The molecule has 2 rings (SSSR count). The van der Waals surface area contributed by atoms with E-state index < -0.39 is 0 Å². The molecule has 1 heterocycles. The van der Waals surface area contributed by atoms with Crippen LogP contribution in [0.4, 0.5) is 0 Å². The quantitative estimate of drug-likeness (QED) is 0.789. The first kappa shape index (κ1) is 13.4. The highest BCUT2D eigenvalue weighted by Crippen LogP contribution is 2.20. The van der Waals surface area contributed by atoms with E-state index >= 15 is 0 Å². The highest BCUT2D eigenvalue weighted by molar-refractivity contribution is 6.30. The van der Waals surface area contributed by atoms with E-state index in [0.29, 0.717) is 0 Å². The summed E-state index contributed by atoms with van der Waals surface area (Å²) < 4.78 is 4.78. The second-order valence-electron chi connectivity index (χ2n) is 4.70. The van der Waals surface area contributed by atoms with E-state index in [0.717, 1.165) is 37.5 Å². The lowest BCUT2D eigenvalue weighted by atomic mass is 9.97. The Balaban J connectivity index is 1.83. The monoisotopic (exact) mass is 267 g/mol. The number of hydrogen-bond acceptors (Lipinski definition) is 3. The van der Waals surface area contributed by atoms with Crippen molar-refractivity contribution in [3.8, 4) is 0 Å². The number of nitrogens with zero attached hydrogens (tertiary/aromatic N) is 1. The van der Waals surface area contributed by atoms with E-state index in [1.165, 1.54) is 12.7 Å². The number of likely N-dealkylation sites (tertiary alicyclic amines) is 1. The van der Waals surface area contributed by atoms with Gasteiger partial charge in [0, 0.05) is 11.6 Å². The van der Waals surface area contributed by atoms with Gasteiger partial charge >= 0.3 is 5.97 Å². The van der Waals surface area contributed by atoms with Gasteiger partial charge < -0.3 is 4.74 Å². The number of carbonyl (C=O) groups excluding carboxylic acids is 1. The Morgan fingerprint density at radius 3 is 2.50 bits per heavy atom. The van der Waals surface area contributed by atoms with Gasteiger partial charge in [0.1, 0.15) is 0 Å². The molecule has 1 aliphatic heterocycles. The number of hydrogen-bond donors (Lipinski definition) is 0. The largest absolute Gasteiger partial charge is 0.469 e. The summed E-state index contributed by atoms with van der Waals surface area (Å²) in [5.41, 5.74) is 1.26. The van der Waals surface area contributed by atoms with Gasteiger partial charge in [0.2, 0.25) is 0 Å². The smallest absolute Gasteiger partial charge is 0.308 e. The van der Waals surface area contributed by atoms with Gasteiger partial charge in [0.25, 0.3) is 0 Å². The number of halogens is 1. The number of methoxy groups -OCH3 is 1. The molecule has 3 nitrogen and oxygen atoms in total. The Morgan fingerprint density at radius 1 is 1.33 bits per heavy atom. The fourth-order valence-corrected chi connectivity index (χ4v) is 2.47. The first-order chi connectivity index (χ1) is 8.69. The fourth-order valence-electron chi connectivity index (χ4n) is 2.34. The summed E-state index contributed by atoms with van der Waals surface area (Å²) in [6, 6.07) is 7.93. The average molecular weight is 268 g/mol. The van der Waals surface area contributed by atoms with Crippen LogP contribution in [0.2, 0.25) is 5.02 Å². The second-order valence-corrected chi connectivity index (χ2v) is 5.14. The number of rotatable bonds is 3. The summed E-state index contributed by atoms with van der Waals surface area (Å²) in [5, 5.41) is 0.767. The van der Waals surface area contributed by atoms with Crippen molar-refractivity contribution in [2.75, 3.05) is 20.2 Å². The van der Waals surface area contributed by atoms with Gasteiger partial charge in [-0.25, -0.2) is 0 Å². The summed E-state index contributed by atoms with van der Waals surface area (Å²) in [5.74, 6) is 0.0117. The van der Waals surface area contributed by atoms with Crippen molar-refractivity contribution < 1.29 is 9.53 Å². The molecule has 0 bridgehead atoms. The second kappa shape index (κ2) is 6.21. The molecule has 0 N–H and O–H groups in total. The molecule has 0 radical (unpaired) electrons. The van der Waals surface area contributed by atoms with Crippen molar-refractivity contribution in [1.29, 1.82) is 0 Å². The van der Waals surface area contributed by atoms with E-state index in [-0.39, 0.29) is 11.9 Å². The van der Waals surface area contributed by atoms with Gasteiger partial charge in [0.05, 0.1) is 13.0 Å². The van der Waals surface area contributed by atoms with Crippen LogP contribution in [0.1, 0.15) is 18.4 Å². The third kappa shape index (κ3) is 3.47. The van der Waals surface area contributed by atoms with Gasteiger partial charge in [0.15, 0.2) is 0 Å². The van der Waals surface area contributed by atoms with Crippen molar-refractivity contribution in [2.45, 2.75) is 19.4 Å². The predicted molar refractivity (Wildman–Crippen MR) is 71.5 cm³/mol. The van der Waals surface area contributed by atoms with Crippen LogP contribution >= 0.6 is 11.6 Å². The molecule has 1 aromatic rings. The standard InChI is InChI=1S/C14H18ClNO2/c1-18-14(17)12-6-8-16(9-7-12)10-11-2-4-13(15)5-3-11/h2-5,12H,6-10H2,1H3. The molecule has 0 aromatic heterocycles. The van der Waals surface area contributed by atoms with E-state index in [2.05, 4.69) is 17.0 Å². The van der Waals surface area contributed by atoms with Crippen LogP contribution < -0.4 is 0 Å². The molecule has 1 saturated heterocycles. The number of benzene rings is 1. The van der Waals surface area contributed by atoms with Crippen LogP contribution in [0.3, 0.4) is 0 Å². The fraction of sp³-hybridized carbons (Fsp3) is 0.500. The zero-order valence-corrected chi connectivity index (χ0v) is 11.3. The molecule has 1 aliphatic rings. The zero-order chi connectivity index (χ0) is 13.0. The molecule has 18 heavy (non-hydrogen) atoms. The van der Waals surface area contributed by atoms with Crippen LogP contribution in [0.25, 0.3) is 0 Å². The Hall–Kier alpha value is -1.06. The molecule has 1 fully saturated rings. The number of carbonyl (C=O) groups is 1. The van der Waals surface area contributed by atoms with Crippen molar-refractivity contribution in [3.63, 3.8) is 0 Å².